The highest BCUT2D eigenvalue weighted by molar-refractivity contribution is 5.93. The zero-order chi connectivity index (χ0) is 23.8. The molecule has 1 fully saturated rings. The van der Waals surface area contributed by atoms with Crippen LogP contribution in [0, 0.1) is 18.3 Å². The van der Waals surface area contributed by atoms with Gasteiger partial charge >= 0.3 is 0 Å². The molecular formula is C28H31N3O3. The molecule has 6 nitrogen and oxygen atoms in total. The number of benzene rings is 2. The second kappa shape index (κ2) is 11.5. The third-order valence-corrected chi connectivity index (χ3v) is 6.35. The summed E-state index contributed by atoms with van der Waals surface area (Å²) in [6.07, 6.45) is 15.2. The fourth-order valence-electron chi connectivity index (χ4n) is 4.13. The largest absolute Gasteiger partial charge is 0.493 e. The number of nitrogens with one attached hydrogen (secondary N) is 1. The SMILES string of the molecule is C#Cc1cccc(Nc2ncnc3cc(OC)c(OCCCCCCC(=O)C4CCC4)cc23)c1. The number of nitrogens with zero attached hydrogens (tertiary/aromatic N) is 2. The molecule has 1 aliphatic carbocycles. The summed E-state index contributed by atoms with van der Waals surface area (Å²) in [6, 6.07) is 11.4. The Morgan fingerprint density at radius 3 is 2.74 bits per heavy atom. The topological polar surface area (TPSA) is 73.3 Å². The molecule has 1 heterocycles. The van der Waals surface area contributed by atoms with E-state index in [4.69, 9.17) is 15.9 Å². The van der Waals surface area contributed by atoms with Gasteiger partial charge in [0.15, 0.2) is 11.5 Å². The molecule has 0 aliphatic heterocycles. The summed E-state index contributed by atoms with van der Waals surface area (Å²) >= 11 is 0. The lowest BCUT2D eigenvalue weighted by molar-refractivity contribution is -0.125. The van der Waals surface area contributed by atoms with Crippen molar-refractivity contribution in [3.8, 4) is 23.8 Å². The summed E-state index contributed by atoms with van der Waals surface area (Å²) in [5.74, 6) is 5.42. The number of fused-ring (bicyclic) bond motifs is 1. The van der Waals surface area contributed by atoms with Crippen molar-refractivity contribution in [2.75, 3.05) is 19.0 Å². The van der Waals surface area contributed by atoms with E-state index in [0.717, 1.165) is 67.1 Å². The number of hydrogen-bond donors (Lipinski definition) is 1. The first-order valence-corrected chi connectivity index (χ1v) is 12.0. The van der Waals surface area contributed by atoms with Gasteiger partial charge in [-0.15, -0.1) is 6.42 Å². The third-order valence-electron chi connectivity index (χ3n) is 6.35. The number of ether oxygens (including phenoxy) is 2. The van der Waals surface area contributed by atoms with E-state index in [0.29, 0.717) is 35.6 Å². The first-order chi connectivity index (χ1) is 16.7. The van der Waals surface area contributed by atoms with Gasteiger partial charge < -0.3 is 14.8 Å². The van der Waals surface area contributed by atoms with Crippen molar-refractivity contribution in [1.82, 2.24) is 9.97 Å². The third kappa shape index (κ3) is 5.85. The van der Waals surface area contributed by atoms with Gasteiger partial charge in [0, 0.05) is 35.0 Å². The predicted molar refractivity (Wildman–Crippen MR) is 135 cm³/mol. The van der Waals surface area contributed by atoms with Gasteiger partial charge in [0.25, 0.3) is 0 Å². The maximum atomic E-state index is 12.0. The molecule has 1 saturated carbocycles. The Hall–Kier alpha value is -3.59. The lowest BCUT2D eigenvalue weighted by atomic mass is 9.80. The molecule has 4 rings (SSSR count). The summed E-state index contributed by atoms with van der Waals surface area (Å²) in [5.41, 5.74) is 2.40. The van der Waals surface area contributed by atoms with E-state index in [1.54, 1.807) is 7.11 Å². The molecule has 1 N–H and O–H groups in total. The fraction of sp³-hybridized carbons (Fsp3) is 0.393. The number of ketones is 1. The standard InChI is InChI=1S/C28H31N3O3/c1-3-20-10-8-13-22(16-20)31-28-23-17-27(26(33-2)18-24(23)29-19-30-28)34-15-7-5-4-6-14-25(32)21-11-9-12-21/h1,8,10,13,16-19,21H,4-7,9,11-12,14-15H2,2H3,(H,29,30,31). The van der Waals surface area contributed by atoms with Gasteiger partial charge in [0.2, 0.25) is 0 Å². The highest BCUT2D eigenvalue weighted by Crippen LogP contribution is 2.35. The van der Waals surface area contributed by atoms with Crippen LogP contribution >= 0.6 is 0 Å². The Bertz CT molecular complexity index is 1180. The van der Waals surface area contributed by atoms with Crippen molar-refractivity contribution in [2.45, 2.75) is 51.4 Å². The van der Waals surface area contributed by atoms with Crippen molar-refractivity contribution >= 4 is 28.2 Å². The molecule has 0 atom stereocenters. The van der Waals surface area contributed by atoms with Crippen LogP contribution in [0.3, 0.4) is 0 Å². The molecule has 0 radical (unpaired) electrons. The Morgan fingerprint density at radius 1 is 1.12 bits per heavy atom. The highest BCUT2D eigenvalue weighted by atomic mass is 16.5. The quantitative estimate of drug-likeness (QED) is 0.263. The predicted octanol–water partition coefficient (Wildman–Crippen LogP) is 6.06. The normalized spacial score (nSPS) is 13.2. The van der Waals surface area contributed by atoms with E-state index >= 15 is 0 Å². The number of carbonyl (C=O) groups excluding carboxylic acids is 1. The van der Waals surface area contributed by atoms with Crippen LogP contribution in [0.1, 0.15) is 56.9 Å². The van der Waals surface area contributed by atoms with Crippen LogP contribution in [-0.2, 0) is 4.79 Å². The number of anilines is 2. The molecule has 0 saturated heterocycles. The van der Waals surface area contributed by atoms with Crippen molar-refractivity contribution in [3.63, 3.8) is 0 Å². The van der Waals surface area contributed by atoms with Crippen LogP contribution in [0.4, 0.5) is 11.5 Å². The van der Waals surface area contributed by atoms with Crippen LogP contribution in [0.25, 0.3) is 10.9 Å². The van der Waals surface area contributed by atoms with Crippen LogP contribution in [0.2, 0.25) is 0 Å². The van der Waals surface area contributed by atoms with Crippen molar-refractivity contribution in [1.29, 1.82) is 0 Å². The zero-order valence-corrected chi connectivity index (χ0v) is 19.7. The molecule has 0 spiro atoms. The van der Waals surface area contributed by atoms with E-state index in [-0.39, 0.29) is 0 Å². The van der Waals surface area contributed by atoms with Crippen molar-refractivity contribution in [3.05, 3.63) is 48.3 Å². The molecule has 0 unspecified atom stereocenters. The van der Waals surface area contributed by atoms with Crippen molar-refractivity contribution < 1.29 is 14.3 Å². The number of aromatic nitrogens is 2. The minimum absolute atomic E-state index is 0.355. The molecule has 1 aliphatic rings. The Morgan fingerprint density at radius 2 is 1.97 bits per heavy atom. The molecule has 1 aromatic heterocycles. The van der Waals surface area contributed by atoms with Gasteiger partial charge in [0.1, 0.15) is 17.9 Å². The molecule has 0 bridgehead atoms. The van der Waals surface area contributed by atoms with Gasteiger partial charge in [-0.05, 0) is 49.9 Å². The van der Waals surface area contributed by atoms with Gasteiger partial charge in [-0.25, -0.2) is 9.97 Å². The smallest absolute Gasteiger partial charge is 0.162 e. The summed E-state index contributed by atoms with van der Waals surface area (Å²) < 4.78 is 11.6. The Kier molecular flexibility index (Phi) is 7.98. The number of methoxy groups -OCH3 is 1. The maximum absolute atomic E-state index is 12.0. The minimum Gasteiger partial charge on any atom is -0.493 e. The molecule has 2 aromatic carbocycles. The monoisotopic (exact) mass is 457 g/mol. The zero-order valence-electron chi connectivity index (χ0n) is 19.7. The number of rotatable bonds is 12. The Balaban J connectivity index is 1.36. The first-order valence-electron chi connectivity index (χ1n) is 12.0. The van der Waals surface area contributed by atoms with E-state index in [9.17, 15) is 4.79 Å². The lowest BCUT2D eigenvalue weighted by Crippen LogP contribution is -2.21. The second-order valence-corrected chi connectivity index (χ2v) is 8.70. The fourth-order valence-corrected chi connectivity index (χ4v) is 4.13. The van der Waals surface area contributed by atoms with Gasteiger partial charge in [-0.3, -0.25) is 4.79 Å². The molecule has 6 heteroatoms. The molecule has 3 aromatic rings. The summed E-state index contributed by atoms with van der Waals surface area (Å²) in [4.78, 5) is 20.8. The second-order valence-electron chi connectivity index (χ2n) is 8.70. The number of terminal acetylenes is 1. The summed E-state index contributed by atoms with van der Waals surface area (Å²) in [7, 11) is 1.62. The average molecular weight is 458 g/mol. The minimum atomic E-state index is 0.355. The molecular weight excluding hydrogens is 426 g/mol. The van der Waals surface area contributed by atoms with E-state index in [1.165, 1.54) is 12.7 Å². The number of unbranched alkanes of at least 4 members (excludes halogenated alkanes) is 3. The van der Waals surface area contributed by atoms with Crippen LogP contribution in [0.15, 0.2) is 42.7 Å². The average Bonchev–Trinajstić information content (AvgIpc) is 2.82. The molecule has 34 heavy (non-hydrogen) atoms. The summed E-state index contributed by atoms with van der Waals surface area (Å²) in [6.45, 7) is 0.582. The van der Waals surface area contributed by atoms with E-state index in [2.05, 4.69) is 21.2 Å². The lowest BCUT2D eigenvalue weighted by Gasteiger charge is -2.23. The van der Waals surface area contributed by atoms with Gasteiger partial charge in [-0.1, -0.05) is 31.2 Å². The number of Topliss-reactive ketones (excluding diaryl/α,β-unsaturated/α-hetero) is 1. The molecule has 176 valence electrons. The number of hydrogen-bond acceptors (Lipinski definition) is 6. The van der Waals surface area contributed by atoms with E-state index in [1.807, 2.05) is 36.4 Å². The van der Waals surface area contributed by atoms with E-state index < -0.39 is 0 Å². The van der Waals surface area contributed by atoms with Crippen LogP contribution < -0.4 is 14.8 Å². The van der Waals surface area contributed by atoms with Crippen LogP contribution in [-0.4, -0.2) is 29.5 Å². The van der Waals surface area contributed by atoms with Gasteiger partial charge in [0.05, 0.1) is 19.2 Å². The van der Waals surface area contributed by atoms with Gasteiger partial charge in [-0.2, -0.15) is 0 Å². The number of carbonyl (C=O) groups is 1. The maximum Gasteiger partial charge on any atom is 0.162 e. The van der Waals surface area contributed by atoms with Crippen LogP contribution in [0.5, 0.6) is 11.5 Å². The Labute approximate surface area is 201 Å². The summed E-state index contributed by atoms with van der Waals surface area (Å²) in [5, 5.41) is 4.16. The molecule has 0 amide bonds. The first kappa shape index (κ1) is 23.6. The van der Waals surface area contributed by atoms with Crippen molar-refractivity contribution in [2.24, 2.45) is 5.92 Å². The highest BCUT2D eigenvalue weighted by Gasteiger charge is 2.24.